The minimum Gasteiger partial charge on any atom is -0.352 e. The average molecular weight is 326 g/mol. The molecule has 2 heterocycles. The van der Waals surface area contributed by atoms with Crippen LogP contribution in [0.1, 0.15) is 33.2 Å². The second-order valence-corrected chi connectivity index (χ2v) is 5.61. The van der Waals surface area contributed by atoms with Crippen LogP contribution in [0.5, 0.6) is 0 Å². The Balaban J connectivity index is 1.99. The van der Waals surface area contributed by atoms with E-state index in [1.807, 2.05) is 6.07 Å². The van der Waals surface area contributed by atoms with Gasteiger partial charge in [0.15, 0.2) is 0 Å². The van der Waals surface area contributed by atoms with Crippen molar-refractivity contribution in [3.05, 3.63) is 58.7 Å². The third-order valence-electron chi connectivity index (χ3n) is 4.05. The van der Waals surface area contributed by atoms with Crippen molar-refractivity contribution >= 4 is 11.8 Å². The van der Waals surface area contributed by atoms with Crippen molar-refractivity contribution in [2.45, 2.75) is 13.0 Å². The standard InChI is InChI=1S/C17H15FN4O2/c1-10-6-12(18)2-3-14(10)15-16(23)20-4-5-22(15)17(24)11-7-13(8-19)21-9-11/h2-3,6-7,9,15,21H,4-5H2,1H3,(H,20,23). The molecule has 1 fully saturated rings. The summed E-state index contributed by atoms with van der Waals surface area (Å²) in [6.07, 6.45) is 1.45. The van der Waals surface area contributed by atoms with E-state index in [1.165, 1.54) is 35.4 Å². The first-order valence-corrected chi connectivity index (χ1v) is 7.44. The smallest absolute Gasteiger partial charge is 0.256 e. The molecule has 0 saturated carbocycles. The van der Waals surface area contributed by atoms with Crippen molar-refractivity contribution in [1.82, 2.24) is 15.2 Å². The van der Waals surface area contributed by atoms with Crippen molar-refractivity contribution < 1.29 is 14.0 Å². The minimum absolute atomic E-state index is 0.273. The van der Waals surface area contributed by atoms with Gasteiger partial charge in [0.25, 0.3) is 5.91 Å². The largest absolute Gasteiger partial charge is 0.352 e. The number of aromatic nitrogens is 1. The maximum Gasteiger partial charge on any atom is 0.256 e. The maximum absolute atomic E-state index is 13.4. The van der Waals surface area contributed by atoms with E-state index in [-0.39, 0.29) is 17.5 Å². The second-order valence-electron chi connectivity index (χ2n) is 5.61. The van der Waals surface area contributed by atoms with Gasteiger partial charge in [0.1, 0.15) is 23.6 Å². The number of aromatic amines is 1. The summed E-state index contributed by atoms with van der Waals surface area (Å²) in [5, 5.41) is 11.6. The highest BCUT2D eigenvalue weighted by atomic mass is 19.1. The summed E-state index contributed by atoms with van der Waals surface area (Å²) in [5.74, 6) is -1.05. The molecule has 3 rings (SSSR count). The molecule has 1 aliphatic heterocycles. The van der Waals surface area contributed by atoms with Crippen LogP contribution in [0.2, 0.25) is 0 Å². The highest BCUT2D eigenvalue weighted by molar-refractivity contribution is 5.98. The van der Waals surface area contributed by atoms with Crippen LogP contribution in [0.25, 0.3) is 0 Å². The lowest BCUT2D eigenvalue weighted by Crippen LogP contribution is -2.52. The molecule has 24 heavy (non-hydrogen) atoms. The van der Waals surface area contributed by atoms with Crippen LogP contribution in [0.4, 0.5) is 4.39 Å². The Morgan fingerprint density at radius 2 is 2.21 bits per heavy atom. The van der Waals surface area contributed by atoms with Gasteiger partial charge in [0.2, 0.25) is 5.91 Å². The number of nitriles is 1. The molecule has 1 aromatic carbocycles. The fourth-order valence-electron chi connectivity index (χ4n) is 2.89. The Morgan fingerprint density at radius 1 is 1.42 bits per heavy atom. The predicted octanol–water partition coefficient (Wildman–Crippen LogP) is 1.65. The highest BCUT2D eigenvalue weighted by Gasteiger charge is 2.35. The fourth-order valence-corrected chi connectivity index (χ4v) is 2.89. The molecule has 6 nitrogen and oxygen atoms in total. The molecule has 2 N–H and O–H groups in total. The van der Waals surface area contributed by atoms with Gasteiger partial charge in [-0.1, -0.05) is 6.07 Å². The number of aryl methyl sites for hydroxylation is 1. The molecule has 2 aromatic rings. The van der Waals surface area contributed by atoms with E-state index in [0.717, 1.165) is 0 Å². The Morgan fingerprint density at radius 3 is 2.88 bits per heavy atom. The van der Waals surface area contributed by atoms with Crippen LogP contribution in [-0.4, -0.2) is 34.8 Å². The molecule has 0 aliphatic carbocycles. The van der Waals surface area contributed by atoms with Crippen molar-refractivity contribution in [3.63, 3.8) is 0 Å². The number of hydrogen-bond acceptors (Lipinski definition) is 3. The number of nitrogens with zero attached hydrogens (tertiary/aromatic N) is 2. The zero-order valence-electron chi connectivity index (χ0n) is 13.0. The number of H-pyrrole nitrogens is 1. The van der Waals surface area contributed by atoms with Gasteiger partial charge in [-0.05, 0) is 36.2 Å². The molecule has 0 radical (unpaired) electrons. The predicted molar refractivity (Wildman–Crippen MR) is 83.4 cm³/mol. The zero-order valence-corrected chi connectivity index (χ0v) is 13.0. The Kier molecular flexibility index (Phi) is 4.04. The summed E-state index contributed by atoms with van der Waals surface area (Å²) in [6, 6.07) is 6.68. The number of carbonyl (C=O) groups is 2. The van der Waals surface area contributed by atoms with E-state index in [0.29, 0.717) is 29.8 Å². The average Bonchev–Trinajstić information content (AvgIpc) is 3.04. The summed E-state index contributed by atoms with van der Waals surface area (Å²) in [4.78, 5) is 29.3. The molecule has 7 heteroatoms. The molecule has 1 atom stereocenters. The normalized spacial score (nSPS) is 17.3. The summed E-state index contributed by atoms with van der Waals surface area (Å²) in [7, 11) is 0. The number of halogens is 1. The van der Waals surface area contributed by atoms with Gasteiger partial charge < -0.3 is 15.2 Å². The van der Waals surface area contributed by atoms with Crippen molar-refractivity contribution in [2.24, 2.45) is 0 Å². The molecular formula is C17H15FN4O2. The summed E-state index contributed by atoms with van der Waals surface area (Å²) < 4.78 is 13.4. The minimum atomic E-state index is -0.827. The van der Waals surface area contributed by atoms with Crippen LogP contribution in [0, 0.1) is 24.1 Å². The number of rotatable bonds is 2. The van der Waals surface area contributed by atoms with Crippen molar-refractivity contribution in [2.75, 3.05) is 13.1 Å². The molecule has 1 aromatic heterocycles. The number of piperazine rings is 1. The molecule has 0 bridgehead atoms. The molecule has 1 saturated heterocycles. The molecule has 122 valence electrons. The number of benzene rings is 1. The zero-order chi connectivity index (χ0) is 17.3. The first-order valence-electron chi connectivity index (χ1n) is 7.44. The van der Waals surface area contributed by atoms with E-state index in [1.54, 1.807) is 6.92 Å². The molecule has 1 aliphatic rings. The van der Waals surface area contributed by atoms with Crippen molar-refractivity contribution in [3.8, 4) is 6.07 Å². The van der Waals surface area contributed by atoms with Gasteiger partial charge in [-0.2, -0.15) is 5.26 Å². The Hall–Kier alpha value is -3.14. The summed E-state index contributed by atoms with van der Waals surface area (Å²) in [6.45, 7) is 2.38. The SMILES string of the molecule is Cc1cc(F)ccc1C1C(=O)NCCN1C(=O)c1c[nH]c(C#N)c1. The Bertz CT molecular complexity index is 853. The van der Waals surface area contributed by atoms with Gasteiger partial charge in [-0.15, -0.1) is 0 Å². The number of amides is 2. The summed E-state index contributed by atoms with van der Waals surface area (Å²) in [5.41, 5.74) is 1.76. The van der Waals surface area contributed by atoms with Gasteiger partial charge >= 0.3 is 0 Å². The topological polar surface area (TPSA) is 89.0 Å². The monoisotopic (exact) mass is 326 g/mol. The van der Waals surface area contributed by atoms with Gasteiger partial charge in [-0.25, -0.2) is 4.39 Å². The van der Waals surface area contributed by atoms with Gasteiger partial charge in [-0.3, -0.25) is 9.59 Å². The highest BCUT2D eigenvalue weighted by Crippen LogP contribution is 2.28. The molecule has 0 spiro atoms. The van der Waals surface area contributed by atoms with E-state index in [9.17, 15) is 14.0 Å². The van der Waals surface area contributed by atoms with E-state index >= 15 is 0 Å². The van der Waals surface area contributed by atoms with E-state index < -0.39 is 11.9 Å². The van der Waals surface area contributed by atoms with Crippen LogP contribution in [-0.2, 0) is 4.79 Å². The number of hydrogen-bond donors (Lipinski definition) is 2. The summed E-state index contributed by atoms with van der Waals surface area (Å²) >= 11 is 0. The third kappa shape index (κ3) is 2.74. The maximum atomic E-state index is 13.4. The molecule has 2 amide bonds. The van der Waals surface area contributed by atoms with E-state index in [2.05, 4.69) is 10.3 Å². The van der Waals surface area contributed by atoms with Crippen LogP contribution in [0.3, 0.4) is 0 Å². The fraction of sp³-hybridized carbons (Fsp3) is 0.235. The molecular weight excluding hydrogens is 311 g/mol. The lowest BCUT2D eigenvalue weighted by molar-refractivity contribution is -0.128. The first kappa shape index (κ1) is 15.7. The quantitative estimate of drug-likeness (QED) is 0.879. The lowest BCUT2D eigenvalue weighted by Gasteiger charge is -2.35. The third-order valence-corrected chi connectivity index (χ3v) is 4.05. The number of carbonyl (C=O) groups excluding carboxylic acids is 2. The number of nitrogens with one attached hydrogen (secondary N) is 2. The molecule has 1 unspecified atom stereocenters. The van der Waals surface area contributed by atoms with Crippen LogP contribution < -0.4 is 5.32 Å². The van der Waals surface area contributed by atoms with Gasteiger partial charge in [0.05, 0.1) is 5.56 Å². The first-order chi connectivity index (χ1) is 11.5. The van der Waals surface area contributed by atoms with Gasteiger partial charge in [0, 0.05) is 19.3 Å². The van der Waals surface area contributed by atoms with Crippen LogP contribution >= 0.6 is 0 Å². The van der Waals surface area contributed by atoms with Crippen molar-refractivity contribution in [1.29, 1.82) is 5.26 Å². The Labute approximate surface area is 137 Å². The van der Waals surface area contributed by atoms with E-state index in [4.69, 9.17) is 5.26 Å². The van der Waals surface area contributed by atoms with Crippen LogP contribution in [0.15, 0.2) is 30.5 Å². The second kappa shape index (κ2) is 6.16. The lowest BCUT2D eigenvalue weighted by atomic mass is 9.97.